The molecular formula is C17H25N3O6S. The molecule has 0 aliphatic carbocycles. The average molecular weight is 399 g/mol. The summed E-state index contributed by atoms with van der Waals surface area (Å²) in [4.78, 5) is 34.8. The lowest BCUT2D eigenvalue weighted by molar-refractivity contribution is -0.150. The number of amides is 3. The van der Waals surface area contributed by atoms with Crippen LogP contribution in [0.15, 0.2) is 23.1 Å². The van der Waals surface area contributed by atoms with E-state index in [1.165, 1.54) is 19.2 Å². The van der Waals surface area contributed by atoms with Gasteiger partial charge in [-0.25, -0.2) is 13.2 Å². The summed E-state index contributed by atoms with van der Waals surface area (Å²) in [5.74, 6) is -2.17. The van der Waals surface area contributed by atoms with E-state index in [9.17, 15) is 22.8 Å². The number of sulfonamides is 1. The summed E-state index contributed by atoms with van der Waals surface area (Å²) in [6.07, 6.45) is 0. The fraction of sp³-hybridized carbons (Fsp3) is 0.471. The number of hydrogen-bond donors (Lipinski definition) is 3. The highest BCUT2D eigenvalue weighted by Gasteiger charge is 2.30. The van der Waals surface area contributed by atoms with E-state index >= 15 is 0 Å². The van der Waals surface area contributed by atoms with Crippen molar-refractivity contribution in [2.24, 2.45) is 5.92 Å². The fourth-order valence-electron chi connectivity index (χ4n) is 2.02. The second-order valence-corrected chi connectivity index (χ2v) is 8.04. The summed E-state index contributed by atoms with van der Waals surface area (Å²) in [6, 6.07) is 2.70. The highest BCUT2D eigenvalue weighted by atomic mass is 32.2. The summed E-state index contributed by atoms with van der Waals surface area (Å²) in [5, 5.41) is 4.11. The largest absolute Gasteiger partial charge is 0.454 e. The van der Waals surface area contributed by atoms with Gasteiger partial charge >= 0.3 is 12.0 Å². The van der Waals surface area contributed by atoms with Gasteiger partial charge in [-0.05, 0) is 43.0 Å². The molecule has 0 aliphatic heterocycles. The molecule has 3 amide bonds. The van der Waals surface area contributed by atoms with Gasteiger partial charge in [0.05, 0.1) is 4.90 Å². The monoisotopic (exact) mass is 399 g/mol. The number of imide groups is 1. The number of benzene rings is 1. The first-order chi connectivity index (χ1) is 12.5. The van der Waals surface area contributed by atoms with E-state index in [2.05, 4.69) is 10.0 Å². The molecule has 0 unspecified atom stereocenters. The van der Waals surface area contributed by atoms with Crippen molar-refractivity contribution in [2.45, 2.75) is 38.6 Å². The Bertz CT molecular complexity index is 820. The lowest BCUT2D eigenvalue weighted by Crippen LogP contribution is -2.46. The molecule has 0 aliphatic rings. The number of carbonyl (C=O) groups excluding carboxylic acids is 3. The van der Waals surface area contributed by atoms with E-state index in [1.807, 2.05) is 12.2 Å². The van der Waals surface area contributed by atoms with Gasteiger partial charge in [0.15, 0.2) is 6.61 Å². The van der Waals surface area contributed by atoms with Crippen molar-refractivity contribution in [3.63, 3.8) is 0 Å². The highest BCUT2D eigenvalue weighted by molar-refractivity contribution is 7.89. The number of ether oxygens (including phenoxy) is 1. The quantitative estimate of drug-likeness (QED) is 0.576. The minimum atomic E-state index is -3.97. The maximum absolute atomic E-state index is 12.6. The maximum Gasteiger partial charge on any atom is 0.324 e. The van der Waals surface area contributed by atoms with E-state index in [1.54, 1.807) is 26.8 Å². The molecule has 0 bridgehead atoms. The van der Waals surface area contributed by atoms with Gasteiger partial charge in [-0.15, -0.1) is 0 Å². The molecule has 0 saturated heterocycles. The molecule has 1 rings (SSSR count). The fourth-order valence-corrected chi connectivity index (χ4v) is 3.44. The zero-order valence-corrected chi connectivity index (χ0v) is 16.8. The van der Waals surface area contributed by atoms with Crippen LogP contribution in [0.3, 0.4) is 0 Å². The van der Waals surface area contributed by atoms with Crippen LogP contribution in [0.2, 0.25) is 0 Å². The third-order valence-electron chi connectivity index (χ3n) is 3.82. The second-order valence-electron chi connectivity index (χ2n) is 6.32. The molecule has 1 aromatic carbocycles. The van der Waals surface area contributed by atoms with Gasteiger partial charge in [-0.1, -0.05) is 19.9 Å². The van der Waals surface area contributed by atoms with Crippen molar-refractivity contribution in [1.82, 2.24) is 15.4 Å². The Morgan fingerprint density at radius 1 is 1.11 bits per heavy atom. The second kappa shape index (κ2) is 9.47. The molecule has 9 nitrogen and oxygen atoms in total. The molecular weight excluding hydrogens is 374 g/mol. The van der Waals surface area contributed by atoms with Crippen LogP contribution < -0.4 is 15.4 Å². The van der Waals surface area contributed by atoms with Crippen molar-refractivity contribution in [1.29, 1.82) is 0 Å². The molecule has 0 spiro atoms. The number of urea groups is 1. The third-order valence-corrected chi connectivity index (χ3v) is 5.26. The predicted octanol–water partition coefficient (Wildman–Crippen LogP) is 0.605. The number of carbonyl (C=O) groups is 3. The lowest BCUT2D eigenvalue weighted by atomic mass is 10.1. The molecule has 1 atom stereocenters. The van der Waals surface area contributed by atoms with Crippen molar-refractivity contribution in [2.75, 3.05) is 13.7 Å². The van der Waals surface area contributed by atoms with Crippen molar-refractivity contribution >= 4 is 27.9 Å². The normalized spacial score (nSPS) is 12.4. The first kappa shape index (κ1) is 22.6. The maximum atomic E-state index is 12.6. The van der Waals surface area contributed by atoms with Crippen molar-refractivity contribution in [3.8, 4) is 0 Å². The number of hydrogen-bond acceptors (Lipinski definition) is 6. The molecule has 0 radical (unpaired) electrons. The van der Waals surface area contributed by atoms with Crippen LogP contribution >= 0.6 is 0 Å². The standard InChI is InChI=1S/C17H25N3O6S/c1-10(2)15(16(22)26-9-14(21)19-17(23)18-5)20-27(24,25)13-7-6-11(3)12(4)8-13/h6-8,10,15,20H,9H2,1-5H3,(H2,18,19,21,23)/t15-/m0/s1. The first-order valence-corrected chi connectivity index (χ1v) is 9.74. The molecule has 0 saturated carbocycles. The van der Waals surface area contributed by atoms with E-state index < -0.39 is 46.5 Å². The Morgan fingerprint density at radius 2 is 1.74 bits per heavy atom. The molecule has 27 heavy (non-hydrogen) atoms. The number of aryl methyl sites for hydroxylation is 2. The van der Waals surface area contributed by atoms with Crippen molar-refractivity contribution in [3.05, 3.63) is 29.3 Å². The smallest absolute Gasteiger partial charge is 0.324 e. The molecule has 1 aromatic rings. The molecule has 0 heterocycles. The number of nitrogens with one attached hydrogen (secondary N) is 3. The van der Waals surface area contributed by atoms with E-state index in [0.717, 1.165) is 11.1 Å². The van der Waals surface area contributed by atoms with Crippen molar-refractivity contribution < 1.29 is 27.5 Å². The van der Waals surface area contributed by atoms with E-state index in [4.69, 9.17) is 4.74 Å². The van der Waals surface area contributed by atoms with Crippen LogP contribution in [0, 0.1) is 19.8 Å². The highest BCUT2D eigenvalue weighted by Crippen LogP contribution is 2.16. The van der Waals surface area contributed by atoms with Gasteiger partial charge < -0.3 is 10.1 Å². The zero-order valence-electron chi connectivity index (χ0n) is 16.0. The van der Waals surface area contributed by atoms with Gasteiger partial charge in [0.1, 0.15) is 6.04 Å². The summed E-state index contributed by atoms with van der Waals surface area (Å²) in [7, 11) is -2.64. The van der Waals surface area contributed by atoms with Crippen LogP contribution in [0.4, 0.5) is 4.79 Å². The minimum Gasteiger partial charge on any atom is -0.454 e. The van der Waals surface area contributed by atoms with Gasteiger partial charge in [-0.3, -0.25) is 14.9 Å². The van der Waals surface area contributed by atoms with Crippen LogP contribution in [-0.2, 0) is 24.3 Å². The minimum absolute atomic E-state index is 0.0291. The Hall–Kier alpha value is -2.46. The summed E-state index contributed by atoms with van der Waals surface area (Å²) < 4.78 is 32.3. The molecule has 3 N–H and O–H groups in total. The average Bonchev–Trinajstić information content (AvgIpc) is 2.59. The lowest BCUT2D eigenvalue weighted by Gasteiger charge is -2.21. The van der Waals surface area contributed by atoms with Gasteiger partial charge in [-0.2, -0.15) is 4.72 Å². The molecule has 150 valence electrons. The van der Waals surface area contributed by atoms with E-state index in [0.29, 0.717) is 0 Å². The topological polar surface area (TPSA) is 131 Å². The number of rotatable bonds is 7. The van der Waals surface area contributed by atoms with Gasteiger partial charge in [0, 0.05) is 7.05 Å². The van der Waals surface area contributed by atoms with Crippen LogP contribution in [0.5, 0.6) is 0 Å². The summed E-state index contributed by atoms with van der Waals surface area (Å²) in [6.45, 7) is 6.21. The molecule has 0 fully saturated rings. The van der Waals surface area contributed by atoms with E-state index in [-0.39, 0.29) is 4.90 Å². The SMILES string of the molecule is CNC(=O)NC(=O)COC(=O)[C@@H](NS(=O)(=O)c1ccc(C)c(C)c1)C(C)C. The Kier molecular flexibility index (Phi) is 7.92. The Balaban J connectivity index is 2.85. The first-order valence-electron chi connectivity index (χ1n) is 8.25. The Morgan fingerprint density at radius 3 is 2.26 bits per heavy atom. The Labute approximate surface area is 158 Å². The number of esters is 1. The zero-order chi connectivity index (χ0) is 20.8. The molecule has 0 aromatic heterocycles. The van der Waals surface area contributed by atoms with Gasteiger partial charge in [0.2, 0.25) is 10.0 Å². The predicted molar refractivity (Wildman–Crippen MR) is 98.4 cm³/mol. The third kappa shape index (κ3) is 6.65. The van der Waals surface area contributed by atoms with Crippen LogP contribution in [0.25, 0.3) is 0 Å². The molecule has 10 heteroatoms. The summed E-state index contributed by atoms with van der Waals surface area (Å²) >= 11 is 0. The van der Waals surface area contributed by atoms with Crippen LogP contribution in [-0.4, -0.2) is 46.0 Å². The van der Waals surface area contributed by atoms with Crippen LogP contribution in [0.1, 0.15) is 25.0 Å². The summed E-state index contributed by atoms with van der Waals surface area (Å²) in [5.41, 5.74) is 1.74. The van der Waals surface area contributed by atoms with Gasteiger partial charge in [0.25, 0.3) is 5.91 Å².